The summed E-state index contributed by atoms with van der Waals surface area (Å²) in [6.07, 6.45) is 1.73. The molecule has 3 rings (SSSR count). The standard InChI is InChI=1S/C19H16O5/c1-12-5-3-4-6-13(12)9-17-19(21)15-8-7-14(10-16(15)24-17)23-11-18(20)22-2/h3-10H,11H2,1-2H3/b17-9+. The van der Waals surface area contributed by atoms with E-state index >= 15 is 0 Å². The number of carbonyl (C=O) groups excluding carboxylic acids is 2. The maximum Gasteiger partial charge on any atom is 0.343 e. The average molecular weight is 324 g/mol. The molecule has 5 nitrogen and oxygen atoms in total. The largest absolute Gasteiger partial charge is 0.482 e. The minimum absolute atomic E-state index is 0.173. The first-order chi connectivity index (χ1) is 11.6. The molecule has 0 amide bonds. The molecule has 1 aliphatic heterocycles. The first-order valence-electron chi connectivity index (χ1n) is 7.42. The van der Waals surface area contributed by atoms with Gasteiger partial charge in [-0.25, -0.2) is 4.79 Å². The number of ether oxygens (including phenoxy) is 3. The Morgan fingerprint density at radius 3 is 2.75 bits per heavy atom. The fraction of sp³-hybridized carbons (Fsp3) is 0.158. The SMILES string of the molecule is COC(=O)COc1ccc2c(c1)O/C(=C/c1ccccc1C)C2=O. The number of aryl methyl sites for hydroxylation is 1. The zero-order valence-electron chi connectivity index (χ0n) is 13.4. The van der Waals surface area contributed by atoms with Crippen LogP contribution in [0.2, 0.25) is 0 Å². The summed E-state index contributed by atoms with van der Waals surface area (Å²) in [6.45, 7) is 1.77. The zero-order valence-corrected chi connectivity index (χ0v) is 13.4. The van der Waals surface area contributed by atoms with E-state index in [0.717, 1.165) is 11.1 Å². The number of Topliss-reactive ketones (excluding diaryl/α,β-unsaturated/α-hetero) is 1. The molecule has 0 aromatic heterocycles. The number of fused-ring (bicyclic) bond motifs is 1. The van der Waals surface area contributed by atoms with Crippen LogP contribution >= 0.6 is 0 Å². The van der Waals surface area contributed by atoms with E-state index in [2.05, 4.69) is 4.74 Å². The topological polar surface area (TPSA) is 61.8 Å². The van der Waals surface area contributed by atoms with Gasteiger partial charge in [0.15, 0.2) is 12.4 Å². The van der Waals surface area contributed by atoms with E-state index in [1.807, 2.05) is 31.2 Å². The van der Waals surface area contributed by atoms with Crippen molar-refractivity contribution in [2.75, 3.05) is 13.7 Å². The number of ketones is 1. The Kier molecular flexibility index (Phi) is 4.33. The Labute approximate surface area is 139 Å². The molecular weight excluding hydrogens is 308 g/mol. The second-order valence-electron chi connectivity index (χ2n) is 5.32. The third-order valence-electron chi connectivity index (χ3n) is 3.70. The summed E-state index contributed by atoms with van der Waals surface area (Å²) in [6, 6.07) is 12.6. The molecule has 24 heavy (non-hydrogen) atoms. The Morgan fingerprint density at radius 1 is 1.21 bits per heavy atom. The van der Waals surface area contributed by atoms with Crippen LogP contribution in [0.1, 0.15) is 21.5 Å². The van der Waals surface area contributed by atoms with Crippen LogP contribution < -0.4 is 9.47 Å². The Balaban J connectivity index is 1.82. The third kappa shape index (κ3) is 3.15. The molecule has 0 bridgehead atoms. The van der Waals surface area contributed by atoms with Crippen molar-refractivity contribution < 1.29 is 23.8 Å². The Hall–Kier alpha value is -3.08. The van der Waals surface area contributed by atoms with Gasteiger partial charge in [-0.3, -0.25) is 4.79 Å². The molecule has 1 heterocycles. The first kappa shape index (κ1) is 15.8. The first-order valence-corrected chi connectivity index (χ1v) is 7.42. The van der Waals surface area contributed by atoms with Gasteiger partial charge in [0.2, 0.25) is 5.78 Å². The Morgan fingerprint density at radius 2 is 2.00 bits per heavy atom. The summed E-state index contributed by atoms with van der Waals surface area (Å²) in [7, 11) is 1.29. The molecule has 0 N–H and O–H groups in total. The van der Waals surface area contributed by atoms with Crippen LogP contribution in [0.5, 0.6) is 11.5 Å². The zero-order chi connectivity index (χ0) is 17.1. The summed E-state index contributed by atoms with van der Waals surface area (Å²) >= 11 is 0. The average Bonchev–Trinajstić information content (AvgIpc) is 2.90. The lowest BCUT2D eigenvalue weighted by Crippen LogP contribution is -2.12. The van der Waals surface area contributed by atoms with E-state index in [0.29, 0.717) is 17.1 Å². The highest BCUT2D eigenvalue weighted by atomic mass is 16.6. The summed E-state index contributed by atoms with van der Waals surface area (Å²) < 4.78 is 15.5. The van der Waals surface area contributed by atoms with E-state index in [4.69, 9.17) is 9.47 Å². The van der Waals surface area contributed by atoms with Gasteiger partial charge in [0.05, 0.1) is 12.7 Å². The highest BCUT2D eigenvalue weighted by molar-refractivity contribution is 6.14. The predicted octanol–water partition coefficient (Wildman–Crippen LogP) is 3.16. The molecule has 0 radical (unpaired) electrons. The number of carbonyl (C=O) groups is 2. The van der Waals surface area contributed by atoms with Crippen LogP contribution in [0.4, 0.5) is 0 Å². The van der Waals surface area contributed by atoms with Gasteiger partial charge < -0.3 is 14.2 Å². The molecule has 2 aromatic carbocycles. The maximum atomic E-state index is 12.4. The van der Waals surface area contributed by atoms with Crippen LogP contribution in [0.25, 0.3) is 6.08 Å². The fourth-order valence-electron chi connectivity index (χ4n) is 2.35. The van der Waals surface area contributed by atoms with Crippen molar-refractivity contribution in [2.24, 2.45) is 0 Å². The molecule has 0 saturated heterocycles. The van der Waals surface area contributed by atoms with E-state index in [1.165, 1.54) is 7.11 Å². The van der Waals surface area contributed by atoms with Gasteiger partial charge in [0.25, 0.3) is 0 Å². The highest BCUT2D eigenvalue weighted by Crippen LogP contribution is 2.35. The third-order valence-corrected chi connectivity index (χ3v) is 3.70. The van der Waals surface area contributed by atoms with Crippen molar-refractivity contribution in [3.63, 3.8) is 0 Å². The van der Waals surface area contributed by atoms with Crippen molar-refractivity contribution >= 4 is 17.8 Å². The molecule has 122 valence electrons. The normalized spacial score (nSPS) is 14.2. The second-order valence-corrected chi connectivity index (χ2v) is 5.32. The minimum Gasteiger partial charge on any atom is -0.482 e. The predicted molar refractivity (Wildman–Crippen MR) is 88.1 cm³/mol. The molecule has 0 atom stereocenters. The van der Waals surface area contributed by atoms with Crippen molar-refractivity contribution in [2.45, 2.75) is 6.92 Å². The van der Waals surface area contributed by atoms with Crippen LogP contribution in [-0.2, 0) is 9.53 Å². The van der Waals surface area contributed by atoms with E-state index in [9.17, 15) is 9.59 Å². The molecule has 2 aromatic rings. The van der Waals surface area contributed by atoms with Crippen molar-refractivity contribution in [3.8, 4) is 11.5 Å². The van der Waals surface area contributed by atoms with Crippen LogP contribution in [0, 0.1) is 6.92 Å². The van der Waals surface area contributed by atoms with Gasteiger partial charge in [-0.15, -0.1) is 0 Å². The number of allylic oxidation sites excluding steroid dienone is 1. The summed E-state index contributed by atoms with van der Waals surface area (Å²) in [5.74, 6) is 0.469. The number of benzene rings is 2. The number of methoxy groups -OCH3 is 1. The molecule has 0 saturated carbocycles. The monoisotopic (exact) mass is 324 g/mol. The second kappa shape index (κ2) is 6.58. The summed E-state index contributed by atoms with van der Waals surface area (Å²) in [4.78, 5) is 23.5. The quantitative estimate of drug-likeness (QED) is 0.638. The molecule has 0 spiro atoms. The van der Waals surface area contributed by atoms with Crippen molar-refractivity contribution in [1.82, 2.24) is 0 Å². The van der Waals surface area contributed by atoms with Gasteiger partial charge >= 0.3 is 5.97 Å². The minimum atomic E-state index is -0.479. The fourth-order valence-corrected chi connectivity index (χ4v) is 2.35. The van der Waals surface area contributed by atoms with Crippen molar-refractivity contribution in [1.29, 1.82) is 0 Å². The van der Waals surface area contributed by atoms with Gasteiger partial charge in [0, 0.05) is 6.07 Å². The lowest BCUT2D eigenvalue weighted by molar-refractivity contribution is -0.142. The lowest BCUT2D eigenvalue weighted by atomic mass is 10.1. The van der Waals surface area contributed by atoms with E-state index in [-0.39, 0.29) is 18.1 Å². The molecule has 5 heteroatoms. The van der Waals surface area contributed by atoms with Gasteiger partial charge in [-0.1, -0.05) is 24.3 Å². The van der Waals surface area contributed by atoms with E-state index < -0.39 is 5.97 Å². The molecule has 0 fully saturated rings. The van der Waals surface area contributed by atoms with E-state index in [1.54, 1.807) is 24.3 Å². The number of rotatable bonds is 4. The van der Waals surface area contributed by atoms with Gasteiger partial charge in [-0.2, -0.15) is 0 Å². The summed E-state index contributed by atoms with van der Waals surface area (Å²) in [5.41, 5.74) is 2.45. The number of hydrogen-bond acceptors (Lipinski definition) is 5. The Bertz CT molecular complexity index is 835. The lowest BCUT2D eigenvalue weighted by Gasteiger charge is -2.05. The maximum absolute atomic E-state index is 12.4. The van der Waals surface area contributed by atoms with Gasteiger partial charge in [0.1, 0.15) is 11.5 Å². The summed E-state index contributed by atoms with van der Waals surface area (Å²) in [5, 5.41) is 0. The number of esters is 1. The van der Waals surface area contributed by atoms with Crippen molar-refractivity contribution in [3.05, 3.63) is 64.9 Å². The van der Waals surface area contributed by atoms with Crippen LogP contribution in [-0.4, -0.2) is 25.5 Å². The molecule has 0 aliphatic carbocycles. The van der Waals surface area contributed by atoms with Crippen LogP contribution in [0.3, 0.4) is 0 Å². The number of hydrogen-bond donors (Lipinski definition) is 0. The molecule has 1 aliphatic rings. The molecule has 0 unspecified atom stereocenters. The molecular formula is C19H16O5. The smallest absolute Gasteiger partial charge is 0.343 e. The van der Waals surface area contributed by atoms with Gasteiger partial charge in [-0.05, 0) is 36.3 Å². The van der Waals surface area contributed by atoms with Crippen LogP contribution in [0.15, 0.2) is 48.2 Å². The highest BCUT2D eigenvalue weighted by Gasteiger charge is 2.27.